The number of amides is 2. The van der Waals surface area contributed by atoms with Crippen LogP contribution in [0.15, 0.2) is 30.6 Å². The van der Waals surface area contributed by atoms with E-state index in [2.05, 4.69) is 11.1 Å². The molecule has 1 aliphatic carbocycles. The summed E-state index contributed by atoms with van der Waals surface area (Å²) in [5.74, 6) is -1.31. The maximum absolute atomic E-state index is 13.1. The number of hydrogen-bond acceptors (Lipinski definition) is 5. The first-order valence-corrected chi connectivity index (χ1v) is 11.7. The predicted octanol–water partition coefficient (Wildman–Crippen LogP) is 3.59. The van der Waals surface area contributed by atoms with Gasteiger partial charge in [0.15, 0.2) is 0 Å². The third kappa shape index (κ3) is 4.76. The number of carbonyl (C=O) groups is 3. The van der Waals surface area contributed by atoms with E-state index in [1.54, 1.807) is 26.8 Å². The average molecular weight is 465 g/mol. The van der Waals surface area contributed by atoms with Crippen LogP contribution in [0.1, 0.15) is 74.5 Å². The average Bonchev–Trinajstić information content (AvgIpc) is 3.46. The van der Waals surface area contributed by atoms with Crippen LogP contribution in [-0.4, -0.2) is 43.9 Å². The van der Waals surface area contributed by atoms with Crippen LogP contribution < -0.4 is 5.73 Å². The maximum atomic E-state index is 13.1. The number of benzene rings is 1. The number of aromatic nitrogens is 2. The topological polar surface area (TPSA) is 108 Å². The summed E-state index contributed by atoms with van der Waals surface area (Å²) in [5.41, 5.74) is 10.6. The number of esters is 1. The molecule has 0 saturated carbocycles. The van der Waals surface area contributed by atoms with Gasteiger partial charge in [-0.15, -0.1) is 0 Å². The highest BCUT2D eigenvalue weighted by Gasteiger charge is 2.36. The van der Waals surface area contributed by atoms with Crippen LogP contribution in [0.2, 0.25) is 0 Å². The lowest BCUT2D eigenvalue weighted by Gasteiger charge is -2.25. The van der Waals surface area contributed by atoms with Crippen LogP contribution in [-0.2, 0) is 27.9 Å². The number of ether oxygens (including phenoxy) is 1. The SMILES string of the molecule is Cn1cnc(-c2ccc3c(c2)CN(C(CCC(=O)OC(C)(C)C)C(N)=O)C3=O)c1C1=CCCC1. The molecule has 2 amide bonds. The Morgan fingerprint density at radius 1 is 1.26 bits per heavy atom. The van der Waals surface area contributed by atoms with Crippen LogP contribution in [0.4, 0.5) is 0 Å². The standard InChI is InChI=1S/C26H32N4O4/c1-26(2,3)34-21(31)12-11-20(24(27)32)30-14-18-13-17(9-10-19(18)25(30)33)22-23(29(4)15-28-22)16-7-5-6-8-16/h7,9-10,13,15,20H,5-6,8,11-12,14H2,1-4H3,(H2,27,32). The van der Waals surface area contributed by atoms with Gasteiger partial charge in [0.05, 0.1) is 17.7 Å². The number of aryl methyl sites for hydroxylation is 1. The second-order valence-electron chi connectivity index (χ2n) is 10.0. The predicted molar refractivity (Wildman–Crippen MR) is 128 cm³/mol. The van der Waals surface area contributed by atoms with Gasteiger partial charge in [0, 0.05) is 31.1 Å². The van der Waals surface area contributed by atoms with Crippen molar-refractivity contribution >= 4 is 23.4 Å². The Bertz CT molecular complexity index is 1170. The summed E-state index contributed by atoms with van der Waals surface area (Å²) in [4.78, 5) is 43.6. The molecule has 0 spiro atoms. The number of primary amides is 1. The van der Waals surface area contributed by atoms with E-state index < -0.39 is 23.5 Å². The van der Waals surface area contributed by atoms with Crippen LogP contribution in [0, 0.1) is 0 Å². The first kappa shape index (κ1) is 23.7. The molecule has 0 radical (unpaired) electrons. The number of nitrogens with zero attached hydrogens (tertiary/aromatic N) is 3. The summed E-state index contributed by atoms with van der Waals surface area (Å²) in [7, 11) is 1.99. The molecule has 1 aromatic heterocycles. The summed E-state index contributed by atoms with van der Waals surface area (Å²) >= 11 is 0. The Balaban J connectivity index is 1.55. The molecule has 2 aromatic rings. The van der Waals surface area contributed by atoms with Crippen molar-refractivity contribution in [2.75, 3.05) is 0 Å². The summed E-state index contributed by atoms with van der Waals surface area (Å²) in [6.07, 6.45) is 7.45. The highest BCUT2D eigenvalue weighted by molar-refractivity contribution is 6.01. The maximum Gasteiger partial charge on any atom is 0.306 e. The van der Waals surface area contributed by atoms with Gasteiger partial charge in [0.2, 0.25) is 5.91 Å². The molecule has 180 valence electrons. The molecular weight excluding hydrogens is 432 g/mol. The molecule has 34 heavy (non-hydrogen) atoms. The van der Waals surface area contributed by atoms with Gasteiger partial charge >= 0.3 is 5.97 Å². The van der Waals surface area contributed by atoms with Crippen molar-refractivity contribution in [3.05, 3.63) is 47.4 Å². The fourth-order valence-electron chi connectivity index (χ4n) is 4.75. The molecule has 0 bridgehead atoms. The van der Waals surface area contributed by atoms with Gasteiger partial charge in [-0.3, -0.25) is 14.4 Å². The van der Waals surface area contributed by atoms with E-state index in [0.29, 0.717) is 5.56 Å². The van der Waals surface area contributed by atoms with Gasteiger partial charge < -0.3 is 19.9 Å². The monoisotopic (exact) mass is 464 g/mol. The summed E-state index contributed by atoms with van der Waals surface area (Å²) in [6, 6.07) is 4.78. The van der Waals surface area contributed by atoms with Gasteiger partial charge in [-0.2, -0.15) is 0 Å². The first-order valence-electron chi connectivity index (χ1n) is 11.7. The zero-order valence-corrected chi connectivity index (χ0v) is 20.3. The van der Waals surface area contributed by atoms with Crippen LogP contribution in [0.5, 0.6) is 0 Å². The zero-order chi connectivity index (χ0) is 24.6. The Labute approximate surface area is 199 Å². The first-order chi connectivity index (χ1) is 16.0. The quantitative estimate of drug-likeness (QED) is 0.630. The van der Waals surface area contributed by atoms with Crippen molar-refractivity contribution in [2.24, 2.45) is 12.8 Å². The van der Waals surface area contributed by atoms with E-state index in [0.717, 1.165) is 41.8 Å². The summed E-state index contributed by atoms with van der Waals surface area (Å²) in [5, 5.41) is 0. The van der Waals surface area contributed by atoms with E-state index in [1.165, 1.54) is 10.5 Å². The number of imidazole rings is 1. The minimum Gasteiger partial charge on any atom is -0.460 e. The van der Waals surface area contributed by atoms with Crippen LogP contribution >= 0.6 is 0 Å². The van der Waals surface area contributed by atoms with Crippen molar-refractivity contribution in [1.82, 2.24) is 14.5 Å². The van der Waals surface area contributed by atoms with E-state index in [1.807, 2.05) is 30.1 Å². The largest absolute Gasteiger partial charge is 0.460 e. The second kappa shape index (κ2) is 9.08. The number of nitrogens with two attached hydrogens (primary N) is 1. The van der Waals surface area contributed by atoms with E-state index in [-0.39, 0.29) is 25.3 Å². The highest BCUT2D eigenvalue weighted by Crippen LogP contribution is 2.36. The zero-order valence-electron chi connectivity index (χ0n) is 20.3. The molecule has 4 rings (SSSR count). The smallest absolute Gasteiger partial charge is 0.306 e. The molecule has 1 aliphatic heterocycles. The summed E-state index contributed by atoms with van der Waals surface area (Å²) in [6.45, 7) is 5.61. The molecule has 2 heterocycles. The molecular formula is C26H32N4O4. The fraction of sp³-hybridized carbons (Fsp3) is 0.462. The van der Waals surface area contributed by atoms with E-state index in [9.17, 15) is 14.4 Å². The number of hydrogen-bond donors (Lipinski definition) is 1. The van der Waals surface area contributed by atoms with Crippen molar-refractivity contribution in [3.63, 3.8) is 0 Å². The molecule has 8 heteroatoms. The van der Waals surface area contributed by atoms with Crippen molar-refractivity contribution < 1.29 is 19.1 Å². The minimum atomic E-state index is -0.884. The van der Waals surface area contributed by atoms with Crippen molar-refractivity contribution in [3.8, 4) is 11.3 Å². The van der Waals surface area contributed by atoms with E-state index >= 15 is 0 Å². The van der Waals surface area contributed by atoms with Gasteiger partial charge in [0.25, 0.3) is 5.91 Å². The number of carbonyl (C=O) groups excluding carboxylic acids is 3. The van der Waals surface area contributed by atoms with Crippen LogP contribution in [0.3, 0.4) is 0 Å². The second-order valence-corrected chi connectivity index (χ2v) is 10.0. The number of fused-ring (bicyclic) bond motifs is 1. The normalized spacial score (nSPS) is 16.4. The Morgan fingerprint density at radius 2 is 2.03 bits per heavy atom. The van der Waals surface area contributed by atoms with Gasteiger partial charge in [0.1, 0.15) is 11.6 Å². The molecule has 1 unspecified atom stereocenters. The molecule has 1 aromatic carbocycles. The molecule has 1 atom stereocenters. The van der Waals surface area contributed by atoms with Crippen LogP contribution in [0.25, 0.3) is 16.8 Å². The third-order valence-electron chi connectivity index (χ3n) is 6.24. The molecule has 2 N–H and O–H groups in total. The summed E-state index contributed by atoms with van der Waals surface area (Å²) < 4.78 is 7.37. The fourth-order valence-corrected chi connectivity index (χ4v) is 4.75. The van der Waals surface area contributed by atoms with E-state index in [4.69, 9.17) is 10.5 Å². The molecule has 0 saturated heterocycles. The highest BCUT2D eigenvalue weighted by atomic mass is 16.6. The Kier molecular flexibility index (Phi) is 6.34. The molecule has 2 aliphatic rings. The molecule has 8 nitrogen and oxygen atoms in total. The minimum absolute atomic E-state index is 0.00264. The van der Waals surface area contributed by atoms with Gasteiger partial charge in [-0.05, 0) is 69.7 Å². The van der Waals surface area contributed by atoms with Crippen molar-refractivity contribution in [1.29, 1.82) is 0 Å². The lowest BCUT2D eigenvalue weighted by Crippen LogP contribution is -2.45. The molecule has 0 fully saturated rings. The van der Waals surface area contributed by atoms with Gasteiger partial charge in [-0.1, -0.05) is 12.1 Å². The lowest BCUT2D eigenvalue weighted by molar-refractivity contribution is -0.155. The third-order valence-corrected chi connectivity index (χ3v) is 6.24. The Hall–Kier alpha value is -3.42. The lowest BCUT2D eigenvalue weighted by atomic mass is 10.0. The number of allylic oxidation sites excluding steroid dienone is 2. The number of rotatable bonds is 7. The van der Waals surface area contributed by atoms with Crippen molar-refractivity contribution in [2.45, 2.75) is 71.1 Å². The van der Waals surface area contributed by atoms with Gasteiger partial charge in [-0.25, -0.2) is 4.98 Å². The Morgan fingerprint density at radius 3 is 2.68 bits per heavy atom.